The second-order valence-corrected chi connectivity index (χ2v) is 34.8. The van der Waals surface area contributed by atoms with Crippen molar-refractivity contribution in [3.63, 3.8) is 0 Å². The van der Waals surface area contributed by atoms with Gasteiger partial charge in [0.1, 0.15) is 0 Å². The van der Waals surface area contributed by atoms with E-state index in [1.165, 1.54) is 160 Å². The van der Waals surface area contributed by atoms with E-state index in [9.17, 15) is 0 Å². The molecule has 0 saturated heterocycles. The van der Waals surface area contributed by atoms with E-state index in [4.69, 9.17) is 0 Å². The van der Waals surface area contributed by atoms with E-state index >= 15 is 0 Å². The Kier molecular flexibility index (Phi) is 10.9. The molecule has 3 heteroatoms. The van der Waals surface area contributed by atoms with Crippen molar-refractivity contribution in [1.29, 1.82) is 0 Å². The van der Waals surface area contributed by atoms with E-state index in [2.05, 4.69) is 291 Å². The van der Waals surface area contributed by atoms with Crippen LogP contribution in [0.1, 0.15) is 233 Å². The standard InChI is InChI=1S/C81H91BN2/c1-73(2,3)45-27-30-66-56(34-45)57-36-51(79(19,20)21)41-64-69(57)83(66)71-55(44-31-48(76(10,11)12)33-49(32-44)77(13,14)15)43-63-72-67(71)82(64)65-42-52(80(22,23)24)37-59-58-35-50(78(16,17)18)40-62(68(58)84(72)70(59)65)81(63)60-38-46(74(4,5)6)25-28-53(60)54-29-26-47(39-61(54)81)75(7,8)9/h25-43H,1-24H3. The summed E-state index contributed by atoms with van der Waals surface area (Å²) >= 11 is 0. The van der Waals surface area contributed by atoms with E-state index in [-0.39, 0.29) is 50.0 Å². The van der Waals surface area contributed by atoms with E-state index in [0.29, 0.717) is 0 Å². The number of nitrogens with zero attached hydrogens (tertiary/aromatic N) is 2. The van der Waals surface area contributed by atoms with Gasteiger partial charge in [-0.3, -0.25) is 0 Å². The van der Waals surface area contributed by atoms with Crippen LogP contribution in [-0.4, -0.2) is 15.8 Å². The average Bonchev–Trinajstić information content (AvgIpc) is 1.38. The predicted octanol–water partition coefficient (Wildman–Crippen LogP) is 19.7. The molecule has 0 N–H and O–H groups in total. The van der Waals surface area contributed by atoms with E-state index in [0.717, 1.165) is 0 Å². The first-order valence-electron chi connectivity index (χ1n) is 31.7. The first kappa shape index (κ1) is 55.3. The molecule has 0 bridgehead atoms. The van der Waals surface area contributed by atoms with Gasteiger partial charge in [-0.05, 0) is 180 Å². The maximum Gasteiger partial charge on any atom is 0.252 e. The Labute approximate surface area is 503 Å². The van der Waals surface area contributed by atoms with Gasteiger partial charge in [0, 0.05) is 43.8 Å². The van der Waals surface area contributed by atoms with Gasteiger partial charge in [-0.25, -0.2) is 0 Å². The minimum Gasteiger partial charge on any atom is -0.310 e. The highest BCUT2D eigenvalue weighted by Crippen LogP contribution is 2.64. The third-order valence-corrected chi connectivity index (χ3v) is 20.7. The Morgan fingerprint density at radius 3 is 1.12 bits per heavy atom. The van der Waals surface area contributed by atoms with E-state index in [1.807, 2.05) is 0 Å². The molecule has 3 aliphatic heterocycles. The second-order valence-electron chi connectivity index (χ2n) is 34.8. The molecule has 0 saturated carbocycles. The molecule has 0 unspecified atom stereocenters. The molecule has 0 atom stereocenters. The molecule has 1 spiro atoms. The molecular weight excluding hydrogens is 1010 g/mol. The zero-order valence-corrected chi connectivity index (χ0v) is 55.4. The van der Waals surface area contributed by atoms with Crippen molar-refractivity contribution >= 4 is 66.7 Å². The SMILES string of the molecule is CC(C)(C)c1cc(-c2cc3c4c5c2-n2c6ccc(C(C)(C)C)cc6c6cc(C(C)(C)C)cc(c62)B5c2cc(C(C)(C)C)cc5c6cc(C(C)(C)C)cc(c6n-4c25)C32c3cc(C(C)(C)C)ccc3-c3ccc(C(C)(C)C)cc32)cc(C(C)(C)C)c1. The van der Waals surface area contributed by atoms with Gasteiger partial charge in [-0.15, -0.1) is 0 Å². The van der Waals surface area contributed by atoms with Crippen LogP contribution in [0.15, 0.2) is 115 Å². The summed E-state index contributed by atoms with van der Waals surface area (Å²) in [5.41, 5.74) is 32.8. The zero-order valence-electron chi connectivity index (χ0n) is 55.4. The summed E-state index contributed by atoms with van der Waals surface area (Å²) in [4.78, 5) is 0. The van der Waals surface area contributed by atoms with Gasteiger partial charge in [0.2, 0.25) is 0 Å². The maximum absolute atomic E-state index is 2.86. The van der Waals surface area contributed by atoms with Gasteiger partial charge >= 0.3 is 0 Å². The molecule has 428 valence electrons. The Balaban J connectivity index is 1.33. The van der Waals surface area contributed by atoms with Gasteiger partial charge in [0.15, 0.2) is 0 Å². The third-order valence-electron chi connectivity index (χ3n) is 20.7. The Bertz CT molecular complexity index is 4500. The van der Waals surface area contributed by atoms with Crippen LogP contribution in [0.5, 0.6) is 0 Å². The molecule has 1 aliphatic carbocycles. The molecule has 14 rings (SSSR count). The highest BCUT2D eigenvalue weighted by Gasteiger charge is 2.56. The monoisotopic (exact) mass is 1100 g/mol. The lowest BCUT2D eigenvalue weighted by Gasteiger charge is -2.45. The van der Waals surface area contributed by atoms with Crippen LogP contribution >= 0.6 is 0 Å². The quantitative estimate of drug-likeness (QED) is 0.145. The first-order valence-corrected chi connectivity index (χ1v) is 31.7. The van der Waals surface area contributed by atoms with Crippen molar-refractivity contribution in [2.24, 2.45) is 0 Å². The van der Waals surface area contributed by atoms with Gasteiger partial charge in [0.05, 0.1) is 22.1 Å². The lowest BCUT2D eigenvalue weighted by Crippen LogP contribution is -2.61. The fourth-order valence-electron chi connectivity index (χ4n) is 15.5. The second kappa shape index (κ2) is 16.5. The molecule has 2 nitrogen and oxygen atoms in total. The van der Waals surface area contributed by atoms with Crippen LogP contribution in [0.25, 0.3) is 77.2 Å². The fourth-order valence-corrected chi connectivity index (χ4v) is 15.5. The Morgan fingerprint density at radius 2 is 0.655 bits per heavy atom. The van der Waals surface area contributed by atoms with Crippen molar-refractivity contribution < 1.29 is 0 Å². The van der Waals surface area contributed by atoms with E-state index in [1.54, 1.807) is 0 Å². The summed E-state index contributed by atoms with van der Waals surface area (Å²) in [6.07, 6.45) is 0. The number of hydrogen-bond acceptors (Lipinski definition) is 0. The molecular formula is C81H91BN2. The molecule has 0 amide bonds. The van der Waals surface area contributed by atoms with Gasteiger partial charge < -0.3 is 9.13 Å². The van der Waals surface area contributed by atoms with Gasteiger partial charge in [-0.1, -0.05) is 245 Å². The molecule has 84 heavy (non-hydrogen) atoms. The molecule has 5 heterocycles. The van der Waals surface area contributed by atoms with Crippen molar-refractivity contribution in [1.82, 2.24) is 9.13 Å². The summed E-state index contributed by atoms with van der Waals surface area (Å²) in [6, 6.07) is 49.2. The highest BCUT2D eigenvalue weighted by atomic mass is 15.1. The highest BCUT2D eigenvalue weighted by molar-refractivity contribution is 7.00. The molecule has 10 aromatic rings. The lowest BCUT2D eigenvalue weighted by atomic mass is 9.33. The van der Waals surface area contributed by atoms with Crippen LogP contribution in [0.2, 0.25) is 0 Å². The largest absolute Gasteiger partial charge is 0.310 e. The molecule has 0 radical (unpaired) electrons. The summed E-state index contributed by atoms with van der Waals surface area (Å²) in [5.74, 6) is 0. The third kappa shape index (κ3) is 7.47. The fraction of sp³-hybridized carbons (Fsp3) is 0.407. The van der Waals surface area contributed by atoms with Gasteiger partial charge in [0.25, 0.3) is 6.71 Å². The van der Waals surface area contributed by atoms with Crippen molar-refractivity contribution in [2.75, 3.05) is 0 Å². The topological polar surface area (TPSA) is 9.86 Å². The summed E-state index contributed by atoms with van der Waals surface area (Å²) in [6.45, 7) is 57.8. The summed E-state index contributed by atoms with van der Waals surface area (Å²) < 4.78 is 5.66. The summed E-state index contributed by atoms with van der Waals surface area (Å²) in [5, 5.41) is 5.45. The number of aromatic nitrogens is 2. The first-order chi connectivity index (χ1) is 38.7. The van der Waals surface area contributed by atoms with Crippen LogP contribution < -0.4 is 16.4 Å². The van der Waals surface area contributed by atoms with Crippen molar-refractivity contribution in [2.45, 2.75) is 215 Å². The maximum atomic E-state index is 2.86. The molecule has 0 fully saturated rings. The van der Waals surface area contributed by atoms with Crippen LogP contribution in [-0.2, 0) is 48.7 Å². The number of fused-ring (bicyclic) bond motifs is 14. The number of rotatable bonds is 1. The summed E-state index contributed by atoms with van der Waals surface area (Å²) in [7, 11) is 0. The Morgan fingerprint density at radius 1 is 0.286 bits per heavy atom. The van der Waals surface area contributed by atoms with Crippen LogP contribution in [0.3, 0.4) is 0 Å². The average molecular weight is 1100 g/mol. The molecule has 4 aliphatic rings. The minimum absolute atomic E-state index is 0.0341. The zero-order chi connectivity index (χ0) is 60.4. The normalized spacial score (nSPS) is 15.5. The van der Waals surface area contributed by atoms with Crippen LogP contribution in [0.4, 0.5) is 0 Å². The number of benzene rings is 8. The smallest absolute Gasteiger partial charge is 0.252 e. The molecule has 8 aromatic carbocycles. The number of hydrogen-bond donors (Lipinski definition) is 0. The van der Waals surface area contributed by atoms with Crippen molar-refractivity contribution in [3.05, 3.63) is 182 Å². The minimum atomic E-state index is -0.706. The lowest BCUT2D eigenvalue weighted by molar-refractivity contribution is 0.569. The van der Waals surface area contributed by atoms with Crippen LogP contribution in [0, 0.1) is 0 Å². The molecule has 2 aromatic heterocycles. The van der Waals surface area contributed by atoms with E-state index < -0.39 is 5.41 Å². The van der Waals surface area contributed by atoms with Gasteiger partial charge in [-0.2, -0.15) is 0 Å². The predicted molar refractivity (Wildman–Crippen MR) is 366 cm³/mol. The Hall–Kier alpha value is -6.58. The van der Waals surface area contributed by atoms with Crippen molar-refractivity contribution in [3.8, 4) is 33.6 Å².